The van der Waals surface area contributed by atoms with Crippen molar-refractivity contribution in [3.63, 3.8) is 0 Å². The van der Waals surface area contributed by atoms with E-state index in [1.54, 1.807) is 53.4 Å². The SMILES string of the molecule is O=C(c1cccc(Cl)c1)N1CCC[C@H]1c1nc2cc(-c3ccccc3C(F)(F)F)ccc2o1. The van der Waals surface area contributed by atoms with E-state index in [9.17, 15) is 18.0 Å². The number of rotatable bonds is 3. The first kappa shape index (κ1) is 21.5. The maximum absolute atomic E-state index is 13.5. The summed E-state index contributed by atoms with van der Waals surface area (Å²) < 4.78 is 46.3. The number of hydrogen-bond donors (Lipinski definition) is 0. The van der Waals surface area contributed by atoms with E-state index in [0.717, 1.165) is 12.5 Å². The maximum atomic E-state index is 13.5. The molecule has 0 bridgehead atoms. The molecule has 0 spiro atoms. The standard InChI is InChI=1S/C25H18ClF3N2O2/c26-17-6-3-5-16(13-17)24(32)31-12-4-9-21(31)23-30-20-14-15(10-11-22(20)33-23)18-7-1-2-8-19(18)25(27,28)29/h1-3,5-8,10-11,13-14,21H,4,9,12H2/t21-/m0/s1. The van der Waals surface area contributed by atoms with Crippen molar-refractivity contribution in [2.75, 3.05) is 6.54 Å². The fourth-order valence-corrected chi connectivity index (χ4v) is 4.48. The summed E-state index contributed by atoms with van der Waals surface area (Å²) in [5.41, 5.74) is 1.16. The summed E-state index contributed by atoms with van der Waals surface area (Å²) in [7, 11) is 0. The number of likely N-dealkylation sites (tertiary alicyclic amines) is 1. The van der Waals surface area contributed by atoms with Crippen LogP contribution < -0.4 is 0 Å². The van der Waals surface area contributed by atoms with E-state index in [1.807, 2.05) is 0 Å². The Balaban J connectivity index is 1.49. The second-order valence-corrected chi connectivity index (χ2v) is 8.38. The van der Waals surface area contributed by atoms with Crippen molar-refractivity contribution < 1.29 is 22.4 Å². The molecule has 4 aromatic rings. The van der Waals surface area contributed by atoms with Gasteiger partial charge in [-0.1, -0.05) is 41.9 Å². The molecule has 4 nitrogen and oxygen atoms in total. The number of carbonyl (C=O) groups excluding carboxylic acids is 1. The number of fused-ring (bicyclic) bond motifs is 1. The van der Waals surface area contributed by atoms with E-state index in [2.05, 4.69) is 4.98 Å². The normalized spacial score (nSPS) is 16.5. The predicted molar refractivity (Wildman–Crippen MR) is 119 cm³/mol. The van der Waals surface area contributed by atoms with Crippen molar-refractivity contribution in [1.82, 2.24) is 9.88 Å². The average molecular weight is 471 g/mol. The number of nitrogens with zero attached hydrogens (tertiary/aromatic N) is 2. The molecule has 0 aliphatic carbocycles. The molecule has 0 unspecified atom stereocenters. The highest BCUT2D eigenvalue weighted by molar-refractivity contribution is 6.30. The van der Waals surface area contributed by atoms with Crippen molar-refractivity contribution in [1.29, 1.82) is 0 Å². The molecule has 8 heteroatoms. The Morgan fingerprint density at radius 3 is 2.67 bits per heavy atom. The minimum Gasteiger partial charge on any atom is -0.438 e. The number of halogens is 4. The highest BCUT2D eigenvalue weighted by atomic mass is 35.5. The first-order chi connectivity index (χ1) is 15.8. The van der Waals surface area contributed by atoms with Crippen LogP contribution in [0.3, 0.4) is 0 Å². The molecular formula is C25H18ClF3N2O2. The van der Waals surface area contributed by atoms with Gasteiger partial charge in [0.25, 0.3) is 5.91 Å². The van der Waals surface area contributed by atoms with Crippen molar-refractivity contribution in [2.45, 2.75) is 25.1 Å². The van der Waals surface area contributed by atoms with Crippen LogP contribution in [0, 0.1) is 0 Å². The predicted octanol–water partition coefficient (Wildman–Crippen LogP) is 7.14. The molecular weight excluding hydrogens is 453 g/mol. The van der Waals surface area contributed by atoms with E-state index in [0.29, 0.717) is 46.1 Å². The molecule has 1 amide bonds. The molecule has 5 rings (SSSR count). The monoisotopic (exact) mass is 470 g/mol. The summed E-state index contributed by atoms with van der Waals surface area (Å²) in [5.74, 6) is 0.209. The number of carbonyl (C=O) groups is 1. The smallest absolute Gasteiger partial charge is 0.417 e. The minimum absolute atomic E-state index is 0.0788. The molecule has 1 aliphatic heterocycles. The van der Waals surface area contributed by atoms with Crippen molar-refractivity contribution in [3.05, 3.63) is 88.8 Å². The second kappa shape index (κ2) is 8.23. The van der Waals surface area contributed by atoms with Gasteiger partial charge >= 0.3 is 6.18 Å². The summed E-state index contributed by atoms with van der Waals surface area (Å²) in [4.78, 5) is 19.3. The zero-order chi connectivity index (χ0) is 23.2. The molecule has 1 aromatic heterocycles. The van der Waals surface area contributed by atoms with Crippen LogP contribution in [-0.4, -0.2) is 22.3 Å². The van der Waals surface area contributed by atoms with Gasteiger partial charge in [-0.05, 0) is 60.4 Å². The van der Waals surface area contributed by atoms with Crippen LogP contribution in [0.25, 0.3) is 22.2 Å². The van der Waals surface area contributed by atoms with Gasteiger partial charge in [-0.3, -0.25) is 4.79 Å². The molecule has 1 aliphatic rings. The molecule has 0 radical (unpaired) electrons. The highest BCUT2D eigenvalue weighted by Crippen LogP contribution is 2.39. The van der Waals surface area contributed by atoms with Crippen LogP contribution in [0.15, 0.2) is 71.1 Å². The van der Waals surface area contributed by atoms with E-state index < -0.39 is 11.7 Å². The Bertz CT molecular complexity index is 1350. The van der Waals surface area contributed by atoms with Gasteiger partial charge in [0.05, 0.1) is 5.56 Å². The van der Waals surface area contributed by atoms with Crippen LogP contribution >= 0.6 is 11.6 Å². The topological polar surface area (TPSA) is 46.3 Å². The average Bonchev–Trinajstić information content (AvgIpc) is 3.44. The summed E-state index contributed by atoms with van der Waals surface area (Å²) in [6.45, 7) is 0.555. The lowest BCUT2D eigenvalue weighted by Gasteiger charge is -2.22. The Morgan fingerprint density at radius 2 is 1.88 bits per heavy atom. The van der Waals surface area contributed by atoms with E-state index in [4.69, 9.17) is 16.0 Å². The fourth-order valence-electron chi connectivity index (χ4n) is 4.29. The second-order valence-electron chi connectivity index (χ2n) is 7.94. The van der Waals surface area contributed by atoms with Gasteiger partial charge in [0.1, 0.15) is 11.6 Å². The fraction of sp³-hybridized carbons (Fsp3) is 0.200. The Labute approximate surface area is 192 Å². The molecule has 3 aromatic carbocycles. The van der Waals surface area contributed by atoms with Gasteiger partial charge in [-0.15, -0.1) is 0 Å². The number of alkyl halides is 3. The molecule has 0 saturated carbocycles. The minimum atomic E-state index is -4.47. The number of amides is 1. The summed E-state index contributed by atoms with van der Waals surface area (Å²) in [6, 6.07) is 16.6. The lowest BCUT2D eigenvalue weighted by Crippen LogP contribution is -2.30. The van der Waals surface area contributed by atoms with Crippen LogP contribution in [0.1, 0.15) is 40.7 Å². The van der Waals surface area contributed by atoms with Gasteiger partial charge in [-0.25, -0.2) is 4.98 Å². The quantitative estimate of drug-likeness (QED) is 0.319. The molecule has 0 N–H and O–H groups in total. The van der Waals surface area contributed by atoms with Crippen LogP contribution in [0.2, 0.25) is 5.02 Å². The molecule has 1 saturated heterocycles. The van der Waals surface area contributed by atoms with Gasteiger partial charge in [-0.2, -0.15) is 13.2 Å². The third-order valence-corrected chi connectivity index (χ3v) is 6.05. The molecule has 33 heavy (non-hydrogen) atoms. The van der Waals surface area contributed by atoms with Gasteiger partial charge in [0.15, 0.2) is 5.58 Å². The Kier molecular flexibility index (Phi) is 5.37. The lowest BCUT2D eigenvalue weighted by molar-refractivity contribution is -0.137. The molecule has 1 atom stereocenters. The van der Waals surface area contributed by atoms with Crippen LogP contribution in [0.5, 0.6) is 0 Å². The Hall–Kier alpha value is -3.32. The van der Waals surface area contributed by atoms with E-state index in [-0.39, 0.29) is 17.5 Å². The molecule has 168 valence electrons. The lowest BCUT2D eigenvalue weighted by atomic mass is 9.99. The number of oxazole rings is 1. The molecule has 2 heterocycles. The van der Waals surface area contributed by atoms with Gasteiger partial charge in [0, 0.05) is 17.1 Å². The van der Waals surface area contributed by atoms with E-state index in [1.165, 1.54) is 12.1 Å². The van der Waals surface area contributed by atoms with Crippen LogP contribution in [0.4, 0.5) is 13.2 Å². The summed E-state index contributed by atoms with van der Waals surface area (Å²) in [5, 5.41) is 0.477. The first-order valence-corrected chi connectivity index (χ1v) is 10.8. The summed E-state index contributed by atoms with van der Waals surface area (Å²) in [6.07, 6.45) is -2.99. The number of aromatic nitrogens is 1. The Morgan fingerprint density at radius 1 is 1.06 bits per heavy atom. The van der Waals surface area contributed by atoms with Gasteiger partial charge in [0.2, 0.25) is 5.89 Å². The third kappa shape index (κ3) is 4.09. The van der Waals surface area contributed by atoms with Crippen molar-refractivity contribution >= 4 is 28.6 Å². The van der Waals surface area contributed by atoms with Crippen molar-refractivity contribution in [3.8, 4) is 11.1 Å². The third-order valence-electron chi connectivity index (χ3n) is 5.82. The first-order valence-electron chi connectivity index (χ1n) is 10.4. The van der Waals surface area contributed by atoms with E-state index >= 15 is 0 Å². The maximum Gasteiger partial charge on any atom is 0.417 e. The number of benzene rings is 3. The van der Waals surface area contributed by atoms with Crippen molar-refractivity contribution in [2.24, 2.45) is 0 Å². The molecule has 1 fully saturated rings. The number of hydrogen-bond acceptors (Lipinski definition) is 3. The zero-order valence-corrected chi connectivity index (χ0v) is 18.0. The van der Waals surface area contributed by atoms with Crippen LogP contribution in [-0.2, 0) is 6.18 Å². The largest absolute Gasteiger partial charge is 0.438 e. The summed E-state index contributed by atoms with van der Waals surface area (Å²) >= 11 is 6.04. The van der Waals surface area contributed by atoms with Gasteiger partial charge < -0.3 is 9.32 Å². The zero-order valence-electron chi connectivity index (χ0n) is 17.3. The highest BCUT2D eigenvalue weighted by Gasteiger charge is 2.35.